The number of rotatable bonds is 7. The Morgan fingerprint density at radius 1 is 0.758 bits per heavy atom. The number of benzene rings is 3. The fourth-order valence-electron chi connectivity index (χ4n) is 3.15. The fraction of sp³-hybridized carbons (Fsp3) is 0.0385. The topological polar surface area (TPSA) is 97.6 Å². The van der Waals surface area contributed by atoms with E-state index in [1.165, 1.54) is 18.4 Å². The molecule has 1 heterocycles. The van der Waals surface area contributed by atoms with Gasteiger partial charge in [-0.1, -0.05) is 48.5 Å². The first kappa shape index (κ1) is 21.6. The molecule has 3 aromatic carbocycles. The molecule has 0 aliphatic heterocycles. The van der Waals surface area contributed by atoms with E-state index < -0.39 is 24.4 Å². The summed E-state index contributed by atoms with van der Waals surface area (Å²) in [5.74, 6) is -1.32. The summed E-state index contributed by atoms with van der Waals surface area (Å²) < 4.78 is 10.2. The molecule has 0 saturated heterocycles. The SMILES string of the molecule is O=C(COC(=O)c1ccc(NC(=O)c2ccco2)cc1)Nc1ccccc1-c1ccccc1. The number of ether oxygens (including phenoxy) is 1. The average molecular weight is 440 g/mol. The lowest BCUT2D eigenvalue weighted by molar-refractivity contribution is -0.119. The third kappa shape index (κ3) is 5.54. The Morgan fingerprint density at radius 2 is 1.48 bits per heavy atom. The zero-order valence-corrected chi connectivity index (χ0v) is 17.5. The number of furan rings is 1. The summed E-state index contributed by atoms with van der Waals surface area (Å²) in [6, 6.07) is 26.4. The van der Waals surface area contributed by atoms with Gasteiger partial charge in [0.2, 0.25) is 0 Å². The quantitative estimate of drug-likeness (QED) is 0.395. The summed E-state index contributed by atoms with van der Waals surface area (Å²) in [7, 11) is 0. The summed E-state index contributed by atoms with van der Waals surface area (Å²) in [5, 5.41) is 5.45. The first-order valence-corrected chi connectivity index (χ1v) is 10.2. The Bertz CT molecular complexity index is 1250. The van der Waals surface area contributed by atoms with Gasteiger partial charge in [-0.05, 0) is 48.0 Å². The molecule has 164 valence electrons. The molecule has 7 heteroatoms. The number of amides is 2. The van der Waals surface area contributed by atoms with E-state index in [0.717, 1.165) is 11.1 Å². The minimum atomic E-state index is -0.648. The van der Waals surface area contributed by atoms with Crippen LogP contribution in [0.3, 0.4) is 0 Å². The van der Waals surface area contributed by atoms with Crippen molar-refractivity contribution in [3.8, 4) is 11.1 Å². The molecule has 33 heavy (non-hydrogen) atoms. The Balaban J connectivity index is 1.32. The molecule has 4 aromatic rings. The Labute approximate surface area is 190 Å². The predicted molar refractivity (Wildman–Crippen MR) is 124 cm³/mol. The molecule has 1 aromatic heterocycles. The van der Waals surface area contributed by atoms with Gasteiger partial charge in [0.15, 0.2) is 12.4 Å². The van der Waals surface area contributed by atoms with Crippen molar-refractivity contribution in [2.75, 3.05) is 17.2 Å². The molecular weight excluding hydrogens is 420 g/mol. The van der Waals surface area contributed by atoms with Gasteiger partial charge in [0.25, 0.3) is 11.8 Å². The Kier molecular flexibility index (Phi) is 6.61. The number of nitrogens with one attached hydrogen (secondary N) is 2. The van der Waals surface area contributed by atoms with Crippen LogP contribution in [0, 0.1) is 0 Å². The molecule has 4 rings (SSSR count). The standard InChI is InChI=1S/C26H20N2O5/c29-24(28-22-10-5-4-9-21(22)18-7-2-1-3-8-18)17-33-26(31)19-12-14-20(15-13-19)27-25(30)23-11-6-16-32-23/h1-16H,17H2,(H,27,30)(H,28,29). The normalized spacial score (nSPS) is 10.3. The lowest BCUT2D eigenvalue weighted by Crippen LogP contribution is -2.21. The highest BCUT2D eigenvalue weighted by Gasteiger charge is 2.13. The molecule has 0 radical (unpaired) electrons. The zero-order valence-electron chi connectivity index (χ0n) is 17.5. The highest BCUT2D eigenvalue weighted by Crippen LogP contribution is 2.27. The fourth-order valence-corrected chi connectivity index (χ4v) is 3.15. The maximum Gasteiger partial charge on any atom is 0.338 e. The molecule has 0 unspecified atom stereocenters. The average Bonchev–Trinajstić information content (AvgIpc) is 3.39. The number of hydrogen-bond donors (Lipinski definition) is 2. The summed E-state index contributed by atoms with van der Waals surface area (Å²) in [6.07, 6.45) is 1.41. The molecule has 0 aliphatic rings. The van der Waals surface area contributed by atoms with Crippen molar-refractivity contribution in [3.05, 3.63) is 109 Å². The second-order valence-corrected chi connectivity index (χ2v) is 7.04. The van der Waals surface area contributed by atoms with E-state index in [9.17, 15) is 14.4 Å². The van der Waals surface area contributed by atoms with Crippen LogP contribution >= 0.6 is 0 Å². The summed E-state index contributed by atoms with van der Waals surface area (Å²) >= 11 is 0. The molecule has 0 aliphatic carbocycles. The van der Waals surface area contributed by atoms with Gasteiger partial charge in [-0.2, -0.15) is 0 Å². The third-order valence-corrected chi connectivity index (χ3v) is 4.74. The summed E-state index contributed by atoms with van der Waals surface area (Å²) in [4.78, 5) is 36.7. The van der Waals surface area contributed by atoms with E-state index in [0.29, 0.717) is 11.4 Å². The van der Waals surface area contributed by atoms with Gasteiger partial charge in [0, 0.05) is 16.9 Å². The van der Waals surface area contributed by atoms with Crippen LogP contribution in [0.1, 0.15) is 20.9 Å². The monoisotopic (exact) mass is 440 g/mol. The lowest BCUT2D eigenvalue weighted by Gasteiger charge is -2.11. The van der Waals surface area contributed by atoms with Crippen molar-refractivity contribution in [2.45, 2.75) is 0 Å². The van der Waals surface area contributed by atoms with Gasteiger partial charge in [-0.25, -0.2) is 4.79 Å². The van der Waals surface area contributed by atoms with Gasteiger partial charge in [0.1, 0.15) is 0 Å². The second kappa shape index (κ2) is 10.1. The van der Waals surface area contributed by atoms with Crippen LogP contribution in [0.2, 0.25) is 0 Å². The number of anilines is 2. The van der Waals surface area contributed by atoms with E-state index in [-0.39, 0.29) is 11.3 Å². The first-order chi connectivity index (χ1) is 16.1. The maximum atomic E-state index is 12.4. The van der Waals surface area contributed by atoms with E-state index in [2.05, 4.69) is 10.6 Å². The number of hydrogen-bond acceptors (Lipinski definition) is 5. The third-order valence-electron chi connectivity index (χ3n) is 4.74. The second-order valence-electron chi connectivity index (χ2n) is 7.04. The van der Waals surface area contributed by atoms with Crippen LogP contribution < -0.4 is 10.6 Å². The minimum absolute atomic E-state index is 0.179. The number of para-hydroxylation sites is 1. The van der Waals surface area contributed by atoms with Crippen molar-refractivity contribution in [1.82, 2.24) is 0 Å². The smallest absolute Gasteiger partial charge is 0.338 e. The largest absolute Gasteiger partial charge is 0.459 e. The van der Waals surface area contributed by atoms with Crippen LogP contribution in [0.15, 0.2) is 102 Å². The molecule has 0 fully saturated rings. The maximum absolute atomic E-state index is 12.4. The van der Waals surface area contributed by atoms with Gasteiger partial charge >= 0.3 is 5.97 Å². The zero-order chi connectivity index (χ0) is 23.0. The lowest BCUT2D eigenvalue weighted by atomic mass is 10.0. The van der Waals surface area contributed by atoms with Crippen LogP contribution in [-0.4, -0.2) is 24.4 Å². The van der Waals surface area contributed by atoms with Crippen LogP contribution in [0.25, 0.3) is 11.1 Å². The van der Waals surface area contributed by atoms with Crippen molar-refractivity contribution in [3.63, 3.8) is 0 Å². The van der Waals surface area contributed by atoms with Crippen LogP contribution in [0.4, 0.5) is 11.4 Å². The van der Waals surface area contributed by atoms with Crippen molar-refractivity contribution >= 4 is 29.2 Å². The summed E-state index contributed by atoms with van der Waals surface area (Å²) in [5.41, 5.74) is 3.20. The predicted octanol–water partition coefficient (Wildman–Crippen LogP) is 4.99. The van der Waals surface area contributed by atoms with Crippen molar-refractivity contribution in [2.24, 2.45) is 0 Å². The highest BCUT2D eigenvalue weighted by atomic mass is 16.5. The highest BCUT2D eigenvalue weighted by molar-refractivity contribution is 6.02. The van der Waals surface area contributed by atoms with E-state index in [4.69, 9.17) is 9.15 Å². The summed E-state index contributed by atoms with van der Waals surface area (Å²) in [6.45, 7) is -0.432. The Hall–Kier alpha value is -4.65. The number of carbonyl (C=O) groups excluding carboxylic acids is 3. The number of carbonyl (C=O) groups is 3. The van der Waals surface area contributed by atoms with Gasteiger partial charge in [-0.15, -0.1) is 0 Å². The van der Waals surface area contributed by atoms with Crippen LogP contribution in [0.5, 0.6) is 0 Å². The van der Waals surface area contributed by atoms with E-state index in [1.54, 1.807) is 30.3 Å². The molecule has 2 N–H and O–H groups in total. The number of esters is 1. The van der Waals surface area contributed by atoms with Gasteiger partial charge in [0.05, 0.1) is 11.8 Å². The molecule has 2 amide bonds. The van der Waals surface area contributed by atoms with Gasteiger partial charge in [-0.3, -0.25) is 9.59 Å². The van der Waals surface area contributed by atoms with E-state index in [1.807, 2.05) is 48.5 Å². The molecule has 7 nitrogen and oxygen atoms in total. The van der Waals surface area contributed by atoms with Crippen LogP contribution in [-0.2, 0) is 9.53 Å². The van der Waals surface area contributed by atoms with Crippen molar-refractivity contribution in [1.29, 1.82) is 0 Å². The minimum Gasteiger partial charge on any atom is -0.459 e. The Morgan fingerprint density at radius 3 is 2.21 bits per heavy atom. The first-order valence-electron chi connectivity index (χ1n) is 10.2. The molecular formula is C26H20N2O5. The van der Waals surface area contributed by atoms with Crippen molar-refractivity contribution < 1.29 is 23.5 Å². The van der Waals surface area contributed by atoms with E-state index >= 15 is 0 Å². The van der Waals surface area contributed by atoms with Gasteiger partial charge < -0.3 is 19.8 Å². The molecule has 0 saturated carbocycles. The molecule has 0 spiro atoms. The molecule has 0 atom stereocenters. The molecule has 0 bridgehead atoms.